The Balaban J connectivity index is 2.03. The summed E-state index contributed by atoms with van der Waals surface area (Å²) in [6.45, 7) is 1.14. The molecule has 5 heteroatoms. The Morgan fingerprint density at radius 1 is 1.12 bits per heavy atom. The number of hydrogen-bond donors (Lipinski definition) is 0. The van der Waals surface area contributed by atoms with Crippen molar-refractivity contribution in [1.82, 2.24) is 4.90 Å². The van der Waals surface area contributed by atoms with Gasteiger partial charge < -0.3 is 4.90 Å². The van der Waals surface area contributed by atoms with Crippen molar-refractivity contribution in [3.05, 3.63) is 44.8 Å². The number of carbonyl (C=O) groups is 1. The molecule has 2 rings (SSSR count). The Morgan fingerprint density at radius 2 is 1.62 bits per heavy atom. The van der Waals surface area contributed by atoms with Crippen LogP contribution in [0.5, 0.6) is 0 Å². The molecule has 0 fully saturated rings. The van der Waals surface area contributed by atoms with E-state index in [0.29, 0.717) is 13.1 Å². The molecule has 0 saturated heterocycles. The number of halogens is 1. The fraction of sp³-hybridized carbons (Fsp3) is 0.182. The van der Waals surface area contributed by atoms with Gasteiger partial charge in [0.25, 0.3) is 0 Å². The van der Waals surface area contributed by atoms with Crippen LogP contribution in [-0.4, -0.2) is 10.3 Å². The third kappa shape index (κ3) is 3.07. The summed E-state index contributed by atoms with van der Waals surface area (Å²) in [5.41, 5.74) is 2.24. The average Bonchev–Trinajstić information content (AvgIpc) is 2.88. The lowest BCUT2D eigenvalue weighted by Crippen LogP contribution is -2.24. The van der Waals surface area contributed by atoms with E-state index in [1.54, 1.807) is 27.6 Å². The number of rotatable bonds is 4. The molecule has 2 aromatic heterocycles. The second kappa shape index (κ2) is 5.48. The van der Waals surface area contributed by atoms with Crippen LogP contribution in [0.1, 0.15) is 11.1 Å². The van der Waals surface area contributed by atoms with Gasteiger partial charge in [-0.3, -0.25) is 4.79 Å². The minimum Gasteiger partial charge on any atom is -0.321 e. The summed E-state index contributed by atoms with van der Waals surface area (Å²) in [6.07, 6.45) is 0. The summed E-state index contributed by atoms with van der Waals surface area (Å²) < 4.78 is 0. The minimum atomic E-state index is -0.405. The molecule has 0 radical (unpaired) electrons. The molecule has 0 unspecified atom stereocenters. The van der Waals surface area contributed by atoms with E-state index in [1.165, 1.54) is 0 Å². The van der Waals surface area contributed by atoms with Crippen molar-refractivity contribution >= 4 is 39.6 Å². The standard InChI is InChI=1S/C11H10ClNOS2/c12-11(14)13(5-9-1-3-15-7-9)6-10-2-4-16-8-10/h1-4,7-8H,5-6H2. The van der Waals surface area contributed by atoms with Gasteiger partial charge in [-0.1, -0.05) is 0 Å². The molecule has 2 nitrogen and oxygen atoms in total. The molecule has 2 aromatic rings. The van der Waals surface area contributed by atoms with Gasteiger partial charge in [0.05, 0.1) is 0 Å². The molecular formula is C11H10ClNOS2. The Labute approximate surface area is 107 Å². The third-order valence-electron chi connectivity index (χ3n) is 2.16. The van der Waals surface area contributed by atoms with Gasteiger partial charge in [0.1, 0.15) is 0 Å². The monoisotopic (exact) mass is 271 g/mol. The Bertz CT molecular complexity index is 402. The molecule has 0 aliphatic carbocycles. The van der Waals surface area contributed by atoms with Crippen molar-refractivity contribution in [3.63, 3.8) is 0 Å². The Hall–Kier alpha value is -0.840. The van der Waals surface area contributed by atoms with Crippen molar-refractivity contribution in [2.45, 2.75) is 13.1 Å². The molecule has 0 atom stereocenters. The largest absolute Gasteiger partial charge is 0.321 e. The topological polar surface area (TPSA) is 20.3 Å². The van der Waals surface area contributed by atoms with Crippen LogP contribution in [0.25, 0.3) is 0 Å². The van der Waals surface area contributed by atoms with Gasteiger partial charge in [0.15, 0.2) is 0 Å². The van der Waals surface area contributed by atoms with E-state index < -0.39 is 5.37 Å². The molecule has 0 saturated carbocycles. The molecule has 0 aromatic carbocycles. The highest BCUT2D eigenvalue weighted by atomic mass is 35.5. The van der Waals surface area contributed by atoms with E-state index in [-0.39, 0.29) is 0 Å². The van der Waals surface area contributed by atoms with Crippen LogP contribution < -0.4 is 0 Å². The van der Waals surface area contributed by atoms with Gasteiger partial charge in [-0.25, -0.2) is 0 Å². The summed E-state index contributed by atoms with van der Waals surface area (Å²) in [6, 6.07) is 4.01. The van der Waals surface area contributed by atoms with E-state index in [9.17, 15) is 4.79 Å². The van der Waals surface area contributed by atoms with Crippen LogP contribution in [0, 0.1) is 0 Å². The number of thiophene rings is 2. The molecule has 0 aliphatic heterocycles. The smallest absolute Gasteiger partial charge is 0.316 e. The first-order chi connectivity index (χ1) is 7.75. The highest BCUT2D eigenvalue weighted by Gasteiger charge is 2.12. The Kier molecular flexibility index (Phi) is 3.98. The zero-order chi connectivity index (χ0) is 11.4. The van der Waals surface area contributed by atoms with Gasteiger partial charge in [-0.15, -0.1) is 0 Å². The number of hydrogen-bond acceptors (Lipinski definition) is 3. The molecular weight excluding hydrogens is 262 g/mol. The van der Waals surface area contributed by atoms with E-state index in [0.717, 1.165) is 11.1 Å². The van der Waals surface area contributed by atoms with Crippen LogP contribution in [0.3, 0.4) is 0 Å². The lowest BCUT2D eigenvalue weighted by Gasteiger charge is -2.18. The molecule has 2 heterocycles. The van der Waals surface area contributed by atoms with Crippen molar-refractivity contribution in [2.75, 3.05) is 0 Å². The predicted octanol–water partition coefficient (Wildman–Crippen LogP) is 4.17. The van der Waals surface area contributed by atoms with Gasteiger partial charge >= 0.3 is 5.37 Å². The van der Waals surface area contributed by atoms with Crippen LogP contribution in [0.2, 0.25) is 0 Å². The van der Waals surface area contributed by atoms with E-state index in [1.807, 2.05) is 33.7 Å². The highest BCUT2D eigenvalue weighted by molar-refractivity contribution is 7.08. The van der Waals surface area contributed by atoms with Crippen LogP contribution in [0.4, 0.5) is 4.79 Å². The Morgan fingerprint density at radius 3 is 1.94 bits per heavy atom. The predicted molar refractivity (Wildman–Crippen MR) is 69.1 cm³/mol. The van der Waals surface area contributed by atoms with Crippen molar-refractivity contribution in [1.29, 1.82) is 0 Å². The minimum absolute atomic E-state index is 0.405. The summed E-state index contributed by atoms with van der Waals surface area (Å²) in [4.78, 5) is 12.9. The molecule has 1 amide bonds. The first kappa shape index (κ1) is 11.6. The van der Waals surface area contributed by atoms with Gasteiger partial charge in [-0.05, 0) is 56.4 Å². The van der Waals surface area contributed by atoms with E-state index >= 15 is 0 Å². The molecule has 84 valence electrons. The molecule has 0 spiro atoms. The summed E-state index contributed by atoms with van der Waals surface area (Å²) >= 11 is 8.82. The van der Waals surface area contributed by atoms with Crippen molar-refractivity contribution in [3.8, 4) is 0 Å². The van der Waals surface area contributed by atoms with E-state index in [4.69, 9.17) is 11.6 Å². The molecule has 0 N–H and O–H groups in total. The lowest BCUT2D eigenvalue weighted by atomic mass is 10.3. The van der Waals surface area contributed by atoms with Crippen molar-refractivity contribution < 1.29 is 4.79 Å². The van der Waals surface area contributed by atoms with Crippen LogP contribution in [0.15, 0.2) is 33.7 Å². The van der Waals surface area contributed by atoms with Gasteiger partial charge in [0, 0.05) is 13.1 Å². The average molecular weight is 272 g/mol. The second-order valence-corrected chi connectivity index (χ2v) is 5.26. The fourth-order valence-electron chi connectivity index (χ4n) is 1.39. The van der Waals surface area contributed by atoms with Gasteiger partial charge in [-0.2, -0.15) is 22.7 Å². The fourth-order valence-corrected chi connectivity index (χ4v) is 2.83. The number of nitrogens with zero attached hydrogens (tertiary/aromatic N) is 1. The number of amides is 1. The van der Waals surface area contributed by atoms with Gasteiger partial charge in [0.2, 0.25) is 0 Å². The van der Waals surface area contributed by atoms with Crippen molar-refractivity contribution in [2.24, 2.45) is 0 Å². The summed E-state index contributed by atoms with van der Waals surface area (Å²) in [5.74, 6) is 0. The maximum Gasteiger partial charge on any atom is 0.316 e. The quantitative estimate of drug-likeness (QED) is 0.604. The maximum absolute atomic E-state index is 11.3. The highest BCUT2D eigenvalue weighted by Crippen LogP contribution is 2.15. The SMILES string of the molecule is O=C(Cl)N(Cc1ccsc1)Cc1ccsc1. The normalized spacial score (nSPS) is 10.3. The summed E-state index contributed by atoms with van der Waals surface area (Å²) in [5, 5.41) is 7.64. The first-order valence-corrected chi connectivity index (χ1v) is 6.98. The summed E-state index contributed by atoms with van der Waals surface area (Å²) in [7, 11) is 0. The van der Waals surface area contributed by atoms with Crippen LogP contribution >= 0.6 is 34.3 Å². The number of carbonyl (C=O) groups excluding carboxylic acids is 1. The lowest BCUT2D eigenvalue weighted by molar-refractivity contribution is 0.217. The maximum atomic E-state index is 11.3. The molecule has 0 aliphatic rings. The molecule has 16 heavy (non-hydrogen) atoms. The molecule has 0 bridgehead atoms. The third-order valence-corrected chi connectivity index (χ3v) is 3.86. The second-order valence-electron chi connectivity index (χ2n) is 3.37. The van der Waals surface area contributed by atoms with E-state index in [2.05, 4.69) is 0 Å². The first-order valence-electron chi connectivity index (χ1n) is 4.72. The zero-order valence-corrected chi connectivity index (χ0v) is 10.8. The van der Waals surface area contributed by atoms with Crippen LogP contribution in [-0.2, 0) is 13.1 Å². The zero-order valence-electron chi connectivity index (χ0n) is 8.43.